The Hall–Kier alpha value is -1.92. The van der Waals surface area contributed by atoms with E-state index < -0.39 is 20.7 Å². The van der Waals surface area contributed by atoms with Gasteiger partial charge in [0.05, 0.1) is 5.69 Å². The Kier molecular flexibility index (Phi) is 3.06. The average molecular weight is 266 g/mol. The molecule has 2 aromatic rings. The minimum Gasteiger partial charge on any atom is -0.396 e. The molecule has 0 radical (unpaired) electrons. The van der Waals surface area contributed by atoms with Crippen LogP contribution in [0.3, 0.4) is 0 Å². The molecule has 0 spiro atoms. The first-order valence-corrected chi connectivity index (χ1v) is 6.62. The van der Waals surface area contributed by atoms with Crippen molar-refractivity contribution in [2.24, 2.45) is 5.14 Å². The summed E-state index contributed by atoms with van der Waals surface area (Å²) in [6.45, 7) is 0. The van der Waals surface area contributed by atoms with Gasteiger partial charge in [0.15, 0.2) is 5.82 Å². The Bertz CT molecular complexity index is 685. The van der Waals surface area contributed by atoms with Gasteiger partial charge in [-0.1, -0.05) is 36.4 Å². The summed E-state index contributed by atoms with van der Waals surface area (Å²) in [6.07, 6.45) is 0. The second kappa shape index (κ2) is 4.40. The molecule has 2 rings (SSSR count). The fraction of sp³-hybridized carbons (Fsp3) is 0. The molecule has 18 heavy (non-hydrogen) atoms. The van der Waals surface area contributed by atoms with Crippen LogP contribution in [0.5, 0.6) is 0 Å². The van der Waals surface area contributed by atoms with Gasteiger partial charge in [-0.05, 0) is 11.6 Å². The molecule has 4 nitrogen and oxygen atoms in total. The van der Waals surface area contributed by atoms with E-state index in [9.17, 15) is 12.8 Å². The SMILES string of the molecule is Nc1ccc(-c2ccccc2)c(S(N)(=O)=O)c1F. The van der Waals surface area contributed by atoms with E-state index >= 15 is 0 Å². The molecule has 4 N–H and O–H groups in total. The molecule has 0 saturated carbocycles. The Morgan fingerprint density at radius 2 is 1.61 bits per heavy atom. The summed E-state index contributed by atoms with van der Waals surface area (Å²) in [6, 6.07) is 11.3. The maximum absolute atomic E-state index is 13.9. The third kappa shape index (κ3) is 2.20. The van der Waals surface area contributed by atoms with Crippen LogP contribution in [0.4, 0.5) is 10.1 Å². The summed E-state index contributed by atoms with van der Waals surface area (Å²) in [7, 11) is -4.19. The summed E-state index contributed by atoms with van der Waals surface area (Å²) in [4.78, 5) is -0.575. The lowest BCUT2D eigenvalue weighted by Crippen LogP contribution is -2.16. The Morgan fingerprint density at radius 3 is 2.17 bits per heavy atom. The van der Waals surface area contributed by atoms with E-state index in [1.165, 1.54) is 12.1 Å². The molecule has 0 aliphatic heterocycles. The summed E-state index contributed by atoms with van der Waals surface area (Å²) in [5, 5.41) is 5.04. The van der Waals surface area contributed by atoms with Crippen molar-refractivity contribution in [1.82, 2.24) is 0 Å². The van der Waals surface area contributed by atoms with Crippen molar-refractivity contribution in [3.8, 4) is 11.1 Å². The zero-order chi connectivity index (χ0) is 13.3. The van der Waals surface area contributed by atoms with Crippen LogP contribution in [0.25, 0.3) is 11.1 Å². The van der Waals surface area contributed by atoms with Crippen LogP contribution < -0.4 is 10.9 Å². The van der Waals surface area contributed by atoms with Crippen molar-refractivity contribution >= 4 is 15.7 Å². The zero-order valence-corrected chi connectivity index (χ0v) is 10.1. The zero-order valence-electron chi connectivity index (χ0n) is 9.30. The summed E-state index contributed by atoms with van der Waals surface area (Å²) in [5.41, 5.74) is 5.87. The first-order valence-electron chi connectivity index (χ1n) is 5.07. The fourth-order valence-electron chi connectivity index (χ4n) is 1.69. The maximum atomic E-state index is 13.9. The largest absolute Gasteiger partial charge is 0.396 e. The molecule has 0 amide bonds. The topological polar surface area (TPSA) is 86.2 Å². The van der Waals surface area contributed by atoms with Crippen molar-refractivity contribution in [2.45, 2.75) is 4.90 Å². The minimum atomic E-state index is -4.19. The molecule has 2 aromatic carbocycles. The number of rotatable bonds is 2. The summed E-state index contributed by atoms with van der Waals surface area (Å²) in [5.74, 6) is -1.01. The van der Waals surface area contributed by atoms with Crippen molar-refractivity contribution < 1.29 is 12.8 Å². The summed E-state index contributed by atoms with van der Waals surface area (Å²) < 4.78 is 36.8. The number of nitrogen functional groups attached to an aromatic ring is 1. The number of benzene rings is 2. The van der Waals surface area contributed by atoms with Gasteiger partial charge in [0.1, 0.15) is 4.90 Å². The van der Waals surface area contributed by atoms with Crippen LogP contribution in [0.1, 0.15) is 0 Å². The second-order valence-corrected chi connectivity index (χ2v) is 5.25. The lowest BCUT2D eigenvalue weighted by Gasteiger charge is -2.10. The Balaban J connectivity index is 2.82. The first kappa shape index (κ1) is 12.5. The van der Waals surface area contributed by atoms with E-state index in [4.69, 9.17) is 10.9 Å². The number of hydrogen-bond donors (Lipinski definition) is 2. The number of nitrogens with two attached hydrogens (primary N) is 2. The maximum Gasteiger partial charge on any atom is 0.241 e. The van der Waals surface area contributed by atoms with E-state index in [0.717, 1.165) is 0 Å². The Morgan fingerprint density at radius 1 is 1.00 bits per heavy atom. The van der Waals surface area contributed by atoms with Crippen LogP contribution in [0.15, 0.2) is 47.4 Å². The highest BCUT2D eigenvalue weighted by atomic mass is 32.2. The molecule has 0 heterocycles. The highest BCUT2D eigenvalue weighted by molar-refractivity contribution is 7.89. The lowest BCUT2D eigenvalue weighted by atomic mass is 10.1. The molecule has 0 aliphatic rings. The van der Waals surface area contributed by atoms with Gasteiger partial charge in [0.25, 0.3) is 0 Å². The highest BCUT2D eigenvalue weighted by Crippen LogP contribution is 2.31. The molecule has 6 heteroatoms. The number of hydrogen-bond acceptors (Lipinski definition) is 3. The molecular formula is C12H11FN2O2S. The summed E-state index contributed by atoms with van der Waals surface area (Å²) >= 11 is 0. The molecule has 0 saturated heterocycles. The van der Waals surface area contributed by atoms with Gasteiger partial charge in [0, 0.05) is 5.56 Å². The Labute approximate surface area is 104 Å². The van der Waals surface area contributed by atoms with E-state index in [1.54, 1.807) is 30.3 Å². The molecule has 0 atom stereocenters. The van der Waals surface area contributed by atoms with Gasteiger partial charge in [0.2, 0.25) is 10.0 Å². The van der Waals surface area contributed by atoms with Crippen LogP contribution >= 0.6 is 0 Å². The minimum absolute atomic E-state index is 0.199. The predicted molar refractivity (Wildman–Crippen MR) is 67.6 cm³/mol. The van der Waals surface area contributed by atoms with Crippen molar-refractivity contribution in [2.75, 3.05) is 5.73 Å². The molecule has 0 bridgehead atoms. The van der Waals surface area contributed by atoms with Gasteiger partial charge in [-0.15, -0.1) is 0 Å². The quantitative estimate of drug-likeness (QED) is 0.811. The van der Waals surface area contributed by atoms with Crippen LogP contribution in [-0.4, -0.2) is 8.42 Å². The third-order valence-electron chi connectivity index (χ3n) is 2.50. The van der Waals surface area contributed by atoms with Crippen molar-refractivity contribution in [3.63, 3.8) is 0 Å². The predicted octanol–water partition coefficient (Wildman–Crippen LogP) is 1.72. The number of primary sulfonamides is 1. The lowest BCUT2D eigenvalue weighted by molar-refractivity contribution is 0.571. The number of anilines is 1. The molecule has 0 aliphatic carbocycles. The highest BCUT2D eigenvalue weighted by Gasteiger charge is 2.22. The van der Waals surface area contributed by atoms with Crippen LogP contribution in [0.2, 0.25) is 0 Å². The van der Waals surface area contributed by atoms with Crippen molar-refractivity contribution in [3.05, 3.63) is 48.3 Å². The van der Waals surface area contributed by atoms with Crippen LogP contribution in [0, 0.1) is 5.82 Å². The molecule has 0 aromatic heterocycles. The fourth-order valence-corrected chi connectivity index (χ4v) is 2.55. The van der Waals surface area contributed by atoms with Gasteiger partial charge in [-0.25, -0.2) is 17.9 Å². The third-order valence-corrected chi connectivity index (χ3v) is 3.46. The van der Waals surface area contributed by atoms with E-state index in [-0.39, 0.29) is 11.3 Å². The molecule has 0 fully saturated rings. The normalized spacial score (nSPS) is 11.4. The first-order chi connectivity index (χ1) is 8.41. The smallest absolute Gasteiger partial charge is 0.241 e. The van der Waals surface area contributed by atoms with Gasteiger partial charge >= 0.3 is 0 Å². The molecule has 0 unspecified atom stereocenters. The van der Waals surface area contributed by atoms with E-state index in [1.807, 2.05) is 0 Å². The average Bonchev–Trinajstić information content (AvgIpc) is 2.32. The monoisotopic (exact) mass is 266 g/mol. The molecular weight excluding hydrogens is 255 g/mol. The van der Waals surface area contributed by atoms with Gasteiger partial charge in [-0.3, -0.25) is 0 Å². The van der Waals surface area contributed by atoms with Gasteiger partial charge < -0.3 is 5.73 Å². The standard InChI is InChI=1S/C12H11FN2O2S/c13-11-10(14)7-6-9(12(11)18(15,16)17)8-4-2-1-3-5-8/h1-7H,14H2,(H2,15,16,17). The van der Waals surface area contributed by atoms with E-state index in [0.29, 0.717) is 5.56 Å². The van der Waals surface area contributed by atoms with Gasteiger partial charge in [-0.2, -0.15) is 0 Å². The second-order valence-electron chi connectivity index (χ2n) is 3.76. The van der Waals surface area contributed by atoms with Crippen LogP contribution in [-0.2, 0) is 10.0 Å². The number of halogens is 1. The number of sulfonamides is 1. The molecule has 94 valence electrons. The van der Waals surface area contributed by atoms with Crippen molar-refractivity contribution in [1.29, 1.82) is 0 Å². The van der Waals surface area contributed by atoms with E-state index in [2.05, 4.69) is 0 Å².